The molecule has 0 aliphatic carbocycles. The van der Waals surface area contributed by atoms with Crippen molar-refractivity contribution >= 4 is 34.3 Å². The summed E-state index contributed by atoms with van der Waals surface area (Å²) < 4.78 is 2.76. The van der Waals surface area contributed by atoms with Crippen molar-refractivity contribution in [1.82, 2.24) is 0 Å². The fraction of sp³-hybridized carbons (Fsp3) is 0.125. The van der Waals surface area contributed by atoms with Crippen LogP contribution in [0.1, 0.15) is 0 Å². The quantitative estimate of drug-likeness (QED) is 0.482. The Bertz CT molecular complexity index is 352. The highest BCUT2D eigenvalue weighted by molar-refractivity contribution is 9.11. The van der Waals surface area contributed by atoms with Crippen LogP contribution < -0.4 is 0 Å². The number of aldehydes is 1. The maximum absolute atomic E-state index is 10.5. The van der Waals surface area contributed by atoms with E-state index in [-0.39, 0.29) is 6.04 Å². The molecule has 0 fully saturated rings. The summed E-state index contributed by atoms with van der Waals surface area (Å²) in [5.41, 5.74) is 0. The minimum absolute atomic E-state index is 0.117. The van der Waals surface area contributed by atoms with Crippen molar-refractivity contribution in [2.24, 2.45) is 4.99 Å². The number of nitrogens with zero attached hydrogens (tertiary/aromatic N) is 2. The Kier molecular flexibility index (Phi) is 1.77. The molecule has 0 radical (unpaired) electrons. The van der Waals surface area contributed by atoms with Gasteiger partial charge in [0, 0.05) is 0 Å². The number of rotatable bonds is 1. The summed E-state index contributed by atoms with van der Waals surface area (Å²) in [6.45, 7) is 0. The third-order valence-electron chi connectivity index (χ3n) is 1.77. The van der Waals surface area contributed by atoms with Gasteiger partial charge < -0.3 is 0 Å². The Morgan fingerprint density at radius 1 is 1.67 bits per heavy atom. The molecule has 60 valence electrons. The summed E-state index contributed by atoms with van der Waals surface area (Å²) in [5.74, 6) is 0.460. The van der Waals surface area contributed by atoms with Gasteiger partial charge in [0.15, 0.2) is 12.3 Å². The number of carbonyl (C=O) groups excluding carboxylic acids is 1. The predicted molar refractivity (Wildman–Crippen MR) is 49.8 cm³/mol. The standard InChI is InChI=1S/C8H6BrN2O/c9-6-1-2-7-3-10-8(5-12)11(7)4-6/h1-5,7H/q+1. The van der Waals surface area contributed by atoms with Crippen molar-refractivity contribution in [3.8, 4) is 0 Å². The Morgan fingerprint density at radius 3 is 3.25 bits per heavy atom. The first-order valence-electron chi connectivity index (χ1n) is 3.51. The maximum atomic E-state index is 10.5. The van der Waals surface area contributed by atoms with E-state index in [4.69, 9.17) is 0 Å². The summed E-state index contributed by atoms with van der Waals surface area (Å²) in [5, 5.41) is 0. The molecule has 0 aromatic heterocycles. The number of fused-ring (bicyclic) bond motifs is 1. The summed E-state index contributed by atoms with van der Waals surface area (Å²) in [6.07, 6.45) is 8.27. The van der Waals surface area contributed by atoms with Gasteiger partial charge in [0.2, 0.25) is 6.29 Å². The molecule has 1 atom stereocenters. The van der Waals surface area contributed by atoms with E-state index in [2.05, 4.69) is 20.9 Å². The number of allylic oxidation sites excluding steroid dienone is 2. The Morgan fingerprint density at radius 2 is 2.50 bits per heavy atom. The average Bonchev–Trinajstić information content (AvgIpc) is 2.46. The normalized spacial score (nSPS) is 25.8. The molecule has 2 rings (SSSR count). The first-order chi connectivity index (χ1) is 5.81. The zero-order valence-corrected chi connectivity index (χ0v) is 7.73. The highest BCUT2D eigenvalue weighted by atomic mass is 79.9. The molecule has 0 aromatic carbocycles. The zero-order valence-electron chi connectivity index (χ0n) is 6.14. The molecule has 0 spiro atoms. The SMILES string of the molecule is O=CC1=[N+]2C=C(Br)C=CC2C=N1. The second-order valence-corrected chi connectivity index (χ2v) is 3.44. The van der Waals surface area contributed by atoms with Gasteiger partial charge in [-0.2, -0.15) is 0 Å². The van der Waals surface area contributed by atoms with Gasteiger partial charge in [-0.15, -0.1) is 0 Å². The average molecular weight is 226 g/mol. The molecule has 1 unspecified atom stereocenters. The van der Waals surface area contributed by atoms with Crippen molar-refractivity contribution in [2.75, 3.05) is 0 Å². The van der Waals surface area contributed by atoms with Crippen molar-refractivity contribution in [3.63, 3.8) is 0 Å². The fourth-order valence-corrected chi connectivity index (χ4v) is 1.57. The number of aliphatic imine (C=N–C) groups is 1. The molecule has 0 aromatic rings. The van der Waals surface area contributed by atoms with Crippen LogP contribution in [-0.4, -0.2) is 29.0 Å². The lowest BCUT2D eigenvalue weighted by molar-refractivity contribution is -0.463. The van der Waals surface area contributed by atoms with E-state index in [1.54, 1.807) is 6.21 Å². The van der Waals surface area contributed by atoms with Crippen LogP contribution in [0.15, 0.2) is 27.8 Å². The molecule has 0 saturated carbocycles. The van der Waals surface area contributed by atoms with Crippen molar-refractivity contribution in [2.45, 2.75) is 6.04 Å². The number of hydrogen-bond donors (Lipinski definition) is 0. The van der Waals surface area contributed by atoms with Crippen LogP contribution in [0.2, 0.25) is 0 Å². The molecular formula is C8H6BrN2O+. The predicted octanol–water partition coefficient (Wildman–Crippen LogP) is 0.855. The topological polar surface area (TPSA) is 32.4 Å². The molecule has 2 aliphatic rings. The van der Waals surface area contributed by atoms with Gasteiger partial charge in [0.25, 0.3) is 0 Å². The van der Waals surface area contributed by atoms with E-state index in [9.17, 15) is 4.79 Å². The second-order valence-electron chi connectivity index (χ2n) is 2.53. The molecule has 4 heteroatoms. The Balaban J connectivity index is 2.48. The van der Waals surface area contributed by atoms with Gasteiger partial charge in [-0.1, -0.05) is 0 Å². The molecule has 2 aliphatic heterocycles. The second kappa shape index (κ2) is 2.79. The molecule has 12 heavy (non-hydrogen) atoms. The maximum Gasteiger partial charge on any atom is 0.363 e. The zero-order chi connectivity index (χ0) is 8.55. The number of halogens is 1. The Labute approximate surface area is 77.9 Å². The van der Waals surface area contributed by atoms with Crippen LogP contribution in [0, 0.1) is 0 Å². The van der Waals surface area contributed by atoms with Crippen molar-refractivity contribution in [3.05, 3.63) is 22.8 Å². The molecule has 0 bridgehead atoms. The van der Waals surface area contributed by atoms with Gasteiger partial charge in [-0.3, -0.25) is 4.79 Å². The molecule has 0 saturated heterocycles. The Hall–Kier alpha value is -1.03. The van der Waals surface area contributed by atoms with Crippen molar-refractivity contribution < 1.29 is 9.37 Å². The van der Waals surface area contributed by atoms with Crippen LogP contribution in [0.25, 0.3) is 0 Å². The highest BCUT2D eigenvalue weighted by Crippen LogP contribution is 2.16. The van der Waals surface area contributed by atoms with Crippen LogP contribution in [0.4, 0.5) is 0 Å². The summed E-state index contributed by atoms with van der Waals surface area (Å²) in [6, 6.07) is 0.117. The number of hydrogen-bond acceptors (Lipinski definition) is 2. The van der Waals surface area contributed by atoms with Gasteiger partial charge in [-0.05, 0) is 33.1 Å². The van der Waals surface area contributed by atoms with Crippen molar-refractivity contribution in [1.29, 1.82) is 0 Å². The first kappa shape index (κ1) is 7.61. The van der Waals surface area contributed by atoms with E-state index in [0.29, 0.717) is 5.84 Å². The van der Waals surface area contributed by atoms with Crippen LogP contribution in [0.5, 0.6) is 0 Å². The molecule has 2 heterocycles. The van der Waals surface area contributed by atoms with Crippen LogP contribution in [-0.2, 0) is 4.79 Å². The van der Waals surface area contributed by atoms with Crippen LogP contribution in [0.3, 0.4) is 0 Å². The fourth-order valence-electron chi connectivity index (χ4n) is 1.20. The summed E-state index contributed by atoms with van der Waals surface area (Å²) >= 11 is 3.33. The minimum atomic E-state index is 0.117. The van der Waals surface area contributed by atoms with Crippen LogP contribution >= 0.6 is 15.9 Å². The van der Waals surface area contributed by atoms with Gasteiger partial charge >= 0.3 is 5.84 Å². The molecular weight excluding hydrogens is 220 g/mol. The van der Waals surface area contributed by atoms with E-state index < -0.39 is 0 Å². The lowest BCUT2D eigenvalue weighted by atomic mass is 10.2. The monoisotopic (exact) mass is 225 g/mol. The third-order valence-corrected chi connectivity index (χ3v) is 2.23. The van der Waals surface area contributed by atoms with E-state index >= 15 is 0 Å². The highest BCUT2D eigenvalue weighted by Gasteiger charge is 2.27. The summed E-state index contributed by atoms with van der Waals surface area (Å²) in [4.78, 5) is 14.5. The summed E-state index contributed by atoms with van der Waals surface area (Å²) in [7, 11) is 0. The van der Waals surface area contributed by atoms with E-state index in [1.165, 1.54) is 0 Å². The molecule has 3 nitrogen and oxygen atoms in total. The minimum Gasteiger partial charge on any atom is -0.289 e. The molecule has 0 N–H and O–H groups in total. The molecule has 0 amide bonds. The van der Waals surface area contributed by atoms with Gasteiger partial charge in [-0.25, -0.2) is 4.58 Å². The van der Waals surface area contributed by atoms with Gasteiger partial charge in [0.1, 0.15) is 6.20 Å². The number of carbonyl (C=O) groups is 1. The van der Waals surface area contributed by atoms with Gasteiger partial charge in [0.05, 0.1) is 4.48 Å². The third kappa shape index (κ3) is 1.08. The lowest BCUT2D eigenvalue weighted by Crippen LogP contribution is -2.23. The lowest BCUT2D eigenvalue weighted by Gasteiger charge is -2.06. The first-order valence-corrected chi connectivity index (χ1v) is 4.31. The van der Waals surface area contributed by atoms with E-state index in [1.807, 2.05) is 22.9 Å². The number of amidine groups is 1. The largest absolute Gasteiger partial charge is 0.363 e. The smallest absolute Gasteiger partial charge is 0.289 e. The van der Waals surface area contributed by atoms with E-state index in [0.717, 1.165) is 10.8 Å².